The van der Waals surface area contributed by atoms with Crippen molar-refractivity contribution in [2.45, 2.75) is 30.7 Å². The summed E-state index contributed by atoms with van der Waals surface area (Å²) >= 11 is 1.41. The molecule has 0 unspecified atom stereocenters. The fourth-order valence-electron chi connectivity index (χ4n) is 1.46. The van der Waals surface area contributed by atoms with Gasteiger partial charge in [-0.05, 0) is 25.0 Å². The molecule has 0 aromatic rings. The number of carboxylic acids is 1. The first-order valence-electron chi connectivity index (χ1n) is 4.30. The Balaban J connectivity index is 2.55. The number of hydrogen-bond acceptors (Lipinski definition) is 3. The van der Waals surface area contributed by atoms with Crippen LogP contribution in [0.3, 0.4) is 0 Å². The zero-order valence-corrected chi connectivity index (χ0v) is 8.16. The number of rotatable bonds is 3. The van der Waals surface area contributed by atoms with E-state index in [0.29, 0.717) is 6.42 Å². The molecule has 2 nitrogen and oxygen atoms in total. The lowest BCUT2D eigenvalue weighted by molar-refractivity contribution is -0.326. The maximum atomic E-state index is 12.2. The van der Waals surface area contributed by atoms with Crippen LogP contribution >= 0.6 is 11.8 Å². The van der Waals surface area contributed by atoms with Gasteiger partial charge in [-0.3, -0.25) is 0 Å². The van der Waals surface area contributed by atoms with Crippen molar-refractivity contribution in [3.8, 4) is 0 Å². The van der Waals surface area contributed by atoms with Gasteiger partial charge in [-0.15, -0.1) is 0 Å². The molecule has 0 aromatic heterocycles. The van der Waals surface area contributed by atoms with Crippen molar-refractivity contribution in [1.82, 2.24) is 0 Å². The van der Waals surface area contributed by atoms with Crippen molar-refractivity contribution in [3.63, 3.8) is 0 Å². The maximum Gasteiger partial charge on any atom is 0.396 e. The molecule has 1 aliphatic rings. The van der Waals surface area contributed by atoms with Gasteiger partial charge in [0.15, 0.2) is 0 Å². The summed E-state index contributed by atoms with van der Waals surface area (Å²) in [5, 5.41) is 10.1. The Hall–Kier alpha value is -0.390. The first-order chi connectivity index (χ1) is 6.41. The summed E-state index contributed by atoms with van der Waals surface area (Å²) in [6, 6.07) is 0. The van der Waals surface area contributed by atoms with Gasteiger partial charge in [0.25, 0.3) is 0 Å². The van der Waals surface area contributed by atoms with E-state index in [9.17, 15) is 23.1 Å². The van der Waals surface area contributed by atoms with E-state index in [1.807, 2.05) is 0 Å². The zero-order chi connectivity index (χ0) is 10.8. The van der Waals surface area contributed by atoms with Gasteiger partial charge in [0.1, 0.15) is 0 Å². The molecular weight excluding hydrogens is 217 g/mol. The molecule has 0 bridgehead atoms. The van der Waals surface area contributed by atoms with Crippen molar-refractivity contribution in [2.75, 3.05) is 5.75 Å². The highest BCUT2D eigenvalue weighted by molar-refractivity contribution is 8.00. The predicted molar refractivity (Wildman–Crippen MR) is 44.6 cm³/mol. The van der Waals surface area contributed by atoms with Gasteiger partial charge >= 0.3 is 6.18 Å². The standard InChI is InChI=1S/C8H11F3O2S/c9-8(10,11)6(7(12)13)4-5-2-1-3-14-5/h5-6H,1-4H2,(H,12,13)/p-1/t5-,6+/m1/s1. The maximum absolute atomic E-state index is 12.2. The second-order valence-electron chi connectivity index (χ2n) is 3.28. The van der Waals surface area contributed by atoms with Gasteiger partial charge in [0.05, 0.1) is 11.9 Å². The lowest BCUT2D eigenvalue weighted by Crippen LogP contribution is -2.41. The smallest absolute Gasteiger partial charge is 0.396 e. The highest BCUT2D eigenvalue weighted by Gasteiger charge is 2.42. The van der Waals surface area contributed by atoms with Crippen LogP contribution in [0.25, 0.3) is 0 Å². The van der Waals surface area contributed by atoms with E-state index in [4.69, 9.17) is 0 Å². The van der Waals surface area contributed by atoms with E-state index >= 15 is 0 Å². The van der Waals surface area contributed by atoms with Crippen LogP contribution in [0.15, 0.2) is 0 Å². The molecule has 0 amide bonds. The van der Waals surface area contributed by atoms with E-state index < -0.39 is 18.1 Å². The molecule has 2 atom stereocenters. The summed E-state index contributed by atoms with van der Waals surface area (Å²) in [7, 11) is 0. The summed E-state index contributed by atoms with van der Waals surface area (Å²) in [5.74, 6) is -3.49. The molecule has 1 fully saturated rings. The molecule has 1 aliphatic heterocycles. The Bertz CT molecular complexity index is 211. The number of aliphatic carboxylic acids is 1. The van der Waals surface area contributed by atoms with Crippen LogP contribution in [0.5, 0.6) is 0 Å². The number of thioether (sulfide) groups is 1. The van der Waals surface area contributed by atoms with Gasteiger partial charge in [-0.1, -0.05) is 0 Å². The van der Waals surface area contributed by atoms with Gasteiger partial charge in [0.2, 0.25) is 0 Å². The average Bonchev–Trinajstić information content (AvgIpc) is 2.48. The average molecular weight is 227 g/mol. The molecule has 0 N–H and O–H groups in total. The highest BCUT2D eigenvalue weighted by Crippen LogP contribution is 2.36. The Labute approximate surface area is 83.9 Å². The first-order valence-corrected chi connectivity index (χ1v) is 5.35. The van der Waals surface area contributed by atoms with Crippen LogP contribution in [0.4, 0.5) is 13.2 Å². The highest BCUT2D eigenvalue weighted by atomic mass is 32.2. The second kappa shape index (κ2) is 4.42. The monoisotopic (exact) mass is 227 g/mol. The van der Waals surface area contributed by atoms with Crippen molar-refractivity contribution in [3.05, 3.63) is 0 Å². The Kier molecular flexibility index (Phi) is 3.69. The van der Waals surface area contributed by atoms with Crippen molar-refractivity contribution < 1.29 is 23.1 Å². The number of halogens is 3. The van der Waals surface area contributed by atoms with Gasteiger partial charge < -0.3 is 9.90 Å². The molecule has 1 saturated heterocycles. The Morgan fingerprint density at radius 2 is 2.21 bits per heavy atom. The van der Waals surface area contributed by atoms with E-state index in [0.717, 1.165) is 12.2 Å². The van der Waals surface area contributed by atoms with E-state index in [1.165, 1.54) is 11.8 Å². The minimum Gasteiger partial charge on any atom is -0.550 e. The quantitative estimate of drug-likeness (QED) is 0.727. The molecule has 0 spiro atoms. The third-order valence-corrected chi connectivity index (χ3v) is 3.63. The first kappa shape index (κ1) is 11.7. The molecule has 0 aromatic carbocycles. The molecular formula is C8H10F3O2S-. The largest absolute Gasteiger partial charge is 0.550 e. The van der Waals surface area contributed by atoms with Crippen molar-refractivity contribution in [1.29, 1.82) is 0 Å². The summed E-state index contributed by atoms with van der Waals surface area (Å²) < 4.78 is 36.6. The third kappa shape index (κ3) is 3.08. The number of carbonyl (C=O) groups excluding carboxylic acids is 1. The molecule has 0 saturated carbocycles. The molecule has 1 heterocycles. The second-order valence-corrected chi connectivity index (χ2v) is 4.69. The summed E-state index contributed by atoms with van der Waals surface area (Å²) in [5.41, 5.74) is 0. The molecule has 1 rings (SSSR count). The number of carboxylic acid groups (broad SMARTS) is 1. The van der Waals surface area contributed by atoms with Crippen LogP contribution in [-0.4, -0.2) is 23.1 Å². The van der Waals surface area contributed by atoms with Crippen molar-refractivity contribution in [2.24, 2.45) is 5.92 Å². The SMILES string of the molecule is O=C([O-])[C@H](C[C@H]1CCCS1)C(F)(F)F. The predicted octanol–water partition coefficient (Wildman–Crippen LogP) is 1.20. The lowest BCUT2D eigenvalue weighted by atomic mass is 10.0. The van der Waals surface area contributed by atoms with Crippen LogP contribution in [-0.2, 0) is 4.79 Å². The van der Waals surface area contributed by atoms with Crippen LogP contribution in [0, 0.1) is 5.92 Å². The molecule has 0 radical (unpaired) electrons. The minimum absolute atomic E-state index is 0.181. The van der Waals surface area contributed by atoms with Crippen LogP contribution < -0.4 is 5.11 Å². The molecule has 14 heavy (non-hydrogen) atoms. The Morgan fingerprint density at radius 1 is 1.57 bits per heavy atom. The molecule has 82 valence electrons. The van der Waals surface area contributed by atoms with E-state index in [-0.39, 0.29) is 11.7 Å². The van der Waals surface area contributed by atoms with Crippen LogP contribution in [0.2, 0.25) is 0 Å². The molecule has 0 aliphatic carbocycles. The normalized spacial score (nSPS) is 24.9. The number of alkyl halides is 3. The Morgan fingerprint density at radius 3 is 2.57 bits per heavy atom. The molecule has 6 heteroatoms. The summed E-state index contributed by atoms with van der Waals surface area (Å²) in [6.07, 6.45) is -3.49. The van der Waals surface area contributed by atoms with E-state index in [1.54, 1.807) is 0 Å². The summed E-state index contributed by atoms with van der Waals surface area (Å²) in [6.45, 7) is 0. The van der Waals surface area contributed by atoms with Crippen molar-refractivity contribution >= 4 is 17.7 Å². The van der Waals surface area contributed by atoms with Gasteiger partial charge in [-0.25, -0.2) is 0 Å². The number of hydrogen-bond donors (Lipinski definition) is 0. The van der Waals surface area contributed by atoms with Gasteiger partial charge in [0, 0.05) is 5.25 Å². The summed E-state index contributed by atoms with van der Waals surface area (Å²) in [4.78, 5) is 10.3. The topological polar surface area (TPSA) is 40.1 Å². The lowest BCUT2D eigenvalue weighted by Gasteiger charge is -2.23. The number of carbonyl (C=O) groups is 1. The fraction of sp³-hybridized carbons (Fsp3) is 0.875. The third-order valence-electron chi connectivity index (χ3n) is 2.20. The van der Waals surface area contributed by atoms with Crippen LogP contribution in [0.1, 0.15) is 19.3 Å². The fourth-order valence-corrected chi connectivity index (χ4v) is 2.79. The van der Waals surface area contributed by atoms with Gasteiger partial charge in [-0.2, -0.15) is 24.9 Å². The minimum atomic E-state index is -4.68. The zero-order valence-electron chi connectivity index (χ0n) is 7.34. The van der Waals surface area contributed by atoms with E-state index in [2.05, 4.69) is 0 Å².